The van der Waals surface area contributed by atoms with Crippen LogP contribution in [-0.4, -0.2) is 52.8 Å². The van der Waals surface area contributed by atoms with Gasteiger partial charge in [-0.05, 0) is 13.8 Å². The zero-order valence-corrected chi connectivity index (χ0v) is 12.9. The number of ether oxygens (including phenoxy) is 1. The fourth-order valence-electron chi connectivity index (χ4n) is 2.45. The maximum atomic E-state index is 12.4. The van der Waals surface area contributed by atoms with Crippen molar-refractivity contribution in [2.45, 2.75) is 34.8 Å². The molecule has 0 bridgehead atoms. The Hall–Kier alpha value is -0.890. The molecule has 0 aromatic carbocycles. The second-order valence-electron chi connectivity index (χ2n) is 5.01. The number of carbonyl (C=O) groups excluding carboxylic acids is 2. The van der Waals surface area contributed by atoms with Crippen LogP contribution in [0.1, 0.15) is 13.8 Å². The van der Waals surface area contributed by atoms with Crippen LogP contribution in [0.4, 0.5) is 0 Å². The first kappa shape index (κ1) is 14.5. The van der Waals surface area contributed by atoms with Gasteiger partial charge in [0.15, 0.2) is 15.2 Å². The summed E-state index contributed by atoms with van der Waals surface area (Å²) in [4.78, 5) is 24.1. The molecular formula is C11H14BrNO5S. The fourth-order valence-corrected chi connectivity index (χ4v) is 5.89. The highest BCUT2D eigenvalue weighted by molar-refractivity contribution is 9.10. The van der Waals surface area contributed by atoms with Crippen LogP contribution in [0, 0.1) is 0 Å². The van der Waals surface area contributed by atoms with E-state index >= 15 is 0 Å². The largest absolute Gasteiger partial charge is 0.460 e. The number of hydrogen-bond acceptors (Lipinski definition) is 5. The fraction of sp³-hybridized carbons (Fsp3) is 0.636. The monoisotopic (exact) mass is 351 g/mol. The molecule has 0 spiro atoms. The summed E-state index contributed by atoms with van der Waals surface area (Å²) < 4.78 is 28.3. The molecule has 2 aliphatic heterocycles. The van der Waals surface area contributed by atoms with Gasteiger partial charge < -0.3 is 9.64 Å². The molecule has 6 nitrogen and oxygen atoms in total. The van der Waals surface area contributed by atoms with Crippen LogP contribution in [0.15, 0.2) is 12.7 Å². The van der Waals surface area contributed by atoms with Gasteiger partial charge in [0.05, 0.1) is 0 Å². The van der Waals surface area contributed by atoms with Gasteiger partial charge in [-0.2, -0.15) is 0 Å². The number of sulfone groups is 1. The predicted molar refractivity (Wildman–Crippen MR) is 71.3 cm³/mol. The summed E-state index contributed by atoms with van der Waals surface area (Å²) in [5.74, 6) is -1.12. The zero-order valence-electron chi connectivity index (χ0n) is 10.5. The van der Waals surface area contributed by atoms with Crippen LogP contribution in [0.2, 0.25) is 0 Å². The summed E-state index contributed by atoms with van der Waals surface area (Å²) in [5.41, 5.74) is 0. The number of carbonyl (C=O) groups is 2. The van der Waals surface area contributed by atoms with Crippen LogP contribution in [0.3, 0.4) is 0 Å². The van der Waals surface area contributed by atoms with E-state index in [0.717, 1.165) is 4.90 Å². The van der Waals surface area contributed by atoms with Crippen LogP contribution in [0.5, 0.6) is 0 Å². The SMILES string of the molecule is C=CCOC(=O)[C@@H]1N2C(=O)[C@H](Br)[C@H]2S(=O)(=O)C1(C)C. The lowest BCUT2D eigenvalue weighted by Gasteiger charge is -2.40. The molecule has 2 saturated heterocycles. The molecule has 0 saturated carbocycles. The van der Waals surface area contributed by atoms with E-state index in [9.17, 15) is 18.0 Å². The van der Waals surface area contributed by atoms with E-state index in [1.807, 2.05) is 0 Å². The number of esters is 1. The van der Waals surface area contributed by atoms with Gasteiger partial charge >= 0.3 is 5.97 Å². The first-order valence-electron chi connectivity index (χ1n) is 5.65. The van der Waals surface area contributed by atoms with Gasteiger partial charge in [-0.15, -0.1) is 0 Å². The maximum Gasteiger partial charge on any atom is 0.330 e. The average molecular weight is 352 g/mol. The molecule has 0 unspecified atom stereocenters. The molecule has 2 aliphatic rings. The number of alkyl halides is 1. The summed E-state index contributed by atoms with van der Waals surface area (Å²) in [6.45, 7) is 6.27. The molecule has 0 aromatic rings. The van der Waals surface area contributed by atoms with Gasteiger partial charge in [0.1, 0.15) is 22.2 Å². The van der Waals surface area contributed by atoms with Crippen molar-refractivity contribution in [3.8, 4) is 0 Å². The van der Waals surface area contributed by atoms with Crippen molar-refractivity contribution in [1.82, 2.24) is 4.90 Å². The van der Waals surface area contributed by atoms with Gasteiger partial charge in [0.2, 0.25) is 5.91 Å². The Kier molecular flexibility index (Phi) is 3.29. The first-order chi connectivity index (χ1) is 8.67. The molecule has 8 heteroatoms. The Morgan fingerprint density at radius 1 is 1.58 bits per heavy atom. The molecule has 106 valence electrons. The van der Waals surface area contributed by atoms with E-state index in [1.54, 1.807) is 0 Å². The second-order valence-corrected chi connectivity index (χ2v) is 8.62. The topological polar surface area (TPSA) is 80.8 Å². The lowest BCUT2D eigenvalue weighted by Crippen LogP contribution is -2.64. The molecule has 0 N–H and O–H groups in total. The highest BCUT2D eigenvalue weighted by atomic mass is 79.9. The summed E-state index contributed by atoms with van der Waals surface area (Å²) >= 11 is 3.05. The number of nitrogens with zero attached hydrogens (tertiary/aromatic N) is 1. The summed E-state index contributed by atoms with van der Waals surface area (Å²) in [5, 5.41) is -0.990. The van der Waals surface area contributed by atoms with E-state index in [2.05, 4.69) is 22.5 Å². The van der Waals surface area contributed by atoms with Crippen molar-refractivity contribution >= 4 is 37.6 Å². The predicted octanol–water partition coefficient (Wildman–Crippen LogP) is 0.223. The third kappa shape index (κ3) is 1.69. The molecule has 0 aliphatic carbocycles. The molecule has 1 amide bonds. The Bertz CT molecular complexity index is 555. The van der Waals surface area contributed by atoms with Gasteiger partial charge in [-0.25, -0.2) is 13.2 Å². The molecule has 0 aromatic heterocycles. The van der Waals surface area contributed by atoms with E-state index in [1.165, 1.54) is 19.9 Å². The highest BCUT2D eigenvalue weighted by Gasteiger charge is 2.71. The molecular weight excluding hydrogens is 338 g/mol. The van der Waals surface area contributed by atoms with Crippen molar-refractivity contribution in [3.63, 3.8) is 0 Å². The quantitative estimate of drug-likeness (QED) is 0.314. The van der Waals surface area contributed by atoms with Crippen LogP contribution >= 0.6 is 15.9 Å². The Balaban J connectivity index is 2.41. The summed E-state index contributed by atoms with van der Waals surface area (Å²) in [6.07, 6.45) is 1.39. The van der Waals surface area contributed by atoms with E-state index < -0.39 is 42.7 Å². The van der Waals surface area contributed by atoms with Gasteiger partial charge in [-0.1, -0.05) is 28.6 Å². The lowest BCUT2D eigenvalue weighted by atomic mass is 9.98. The van der Waals surface area contributed by atoms with E-state index in [0.29, 0.717) is 0 Å². The average Bonchev–Trinajstić information content (AvgIpc) is 2.48. The standard InChI is InChI=1S/C11H14BrNO5S/c1-4-5-18-10(15)7-11(2,3)19(16,17)9-6(12)8(14)13(7)9/h4,6-7,9H,1,5H2,2-3H3/t6-,7-,9+/m0/s1. The lowest BCUT2D eigenvalue weighted by molar-refractivity contribution is -0.159. The normalized spacial score (nSPS) is 34.4. The zero-order chi connectivity index (χ0) is 14.6. The molecule has 2 fully saturated rings. The Labute approximate surface area is 119 Å². The van der Waals surface area contributed by atoms with Crippen molar-refractivity contribution in [1.29, 1.82) is 0 Å². The third-order valence-electron chi connectivity index (χ3n) is 3.57. The van der Waals surface area contributed by atoms with Crippen LogP contribution < -0.4 is 0 Å². The molecule has 2 rings (SSSR count). The number of amides is 1. The minimum absolute atomic E-state index is 0.0180. The maximum absolute atomic E-state index is 12.4. The van der Waals surface area contributed by atoms with Crippen molar-refractivity contribution in [3.05, 3.63) is 12.7 Å². The highest BCUT2D eigenvalue weighted by Crippen LogP contribution is 2.48. The van der Waals surface area contributed by atoms with Crippen molar-refractivity contribution < 1.29 is 22.7 Å². The number of fused-ring (bicyclic) bond motifs is 1. The van der Waals surface area contributed by atoms with E-state index in [-0.39, 0.29) is 6.61 Å². The van der Waals surface area contributed by atoms with Crippen molar-refractivity contribution in [2.75, 3.05) is 6.61 Å². The number of β-lactam (4-membered cyclic amide) rings is 1. The summed E-state index contributed by atoms with van der Waals surface area (Å²) in [6, 6.07) is -1.11. The first-order valence-corrected chi connectivity index (χ1v) is 8.11. The van der Waals surface area contributed by atoms with Gasteiger partial charge in [-0.3, -0.25) is 4.79 Å². The molecule has 19 heavy (non-hydrogen) atoms. The van der Waals surface area contributed by atoms with Crippen molar-refractivity contribution in [2.24, 2.45) is 0 Å². The molecule has 0 radical (unpaired) electrons. The molecule has 2 heterocycles. The van der Waals surface area contributed by atoms with Crippen LogP contribution in [-0.2, 0) is 24.2 Å². The number of rotatable bonds is 3. The van der Waals surface area contributed by atoms with Crippen LogP contribution in [0.25, 0.3) is 0 Å². The second kappa shape index (κ2) is 4.31. The van der Waals surface area contributed by atoms with Gasteiger partial charge in [0, 0.05) is 0 Å². The third-order valence-corrected chi connectivity index (χ3v) is 7.64. The van der Waals surface area contributed by atoms with E-state index in [4.69, 9.17) is 4.74 Å². The minimum atomic E-state index is -3.64. The van der Waals surface area contributed by atoms with Gasteiger partial charge in [0.25, 0.3) is 0 Å². The minimum Gasteiger partial charge on any atom is -0.460 e. The summed E-state index contributed by atoms with van der Waals surface area (Å²) in [7, 11) is -3.64. The smallest absolute Gasteiger partial charge is 0.330 e. The number of hydrogen-bond donors (Lipinski definition) is 0. The Morgan fingerprint density at radius 2 is 2.16 bits per heavy atom. The molecule has 3 atom stereocenters. The Morgan fingerprint density at radius 3 is 2.68 bits per heavy atom. The number of halogens is 1.